The zero-order chi connectivity index (χ0) is 21.7. The number of fused-ring (bicyclic) bond motifs is 3. The van der Waals surface area contributed by atoms with Gasteiger partial charge in [0, 0.05) is 17.0 Å². The van der Waals surface area contributed by atoms with Gasteiger partial charge in [-0.15, -0.1) is 0 Å². The Bertz CT molecular complexity index is 1290. The number of benzene rings is 2. The number of carbonyl (C=O) groups is 1. The summed E-state index contributed by atoms with van der Waals surface area (Å²) in [5.74, 6) is 1.35. The third kappa shape index (κ3) is 3.18. The number of hydrazone groups is 1. The third-order valence-corrected chi connectivity index (χ3v) is 6.30. The summed E-state index contributed by atoms with van der Waals surface area (Å²) in [6.45, 7) is 1.92. The maximum absolute atomic E-state index is 11.6. The Morgan fingerprint density at radius 2 is 2.10 bits per heavy atom. The minimum Gasteiger partial charge on any atom is -0.464 e. The first-order valence-electron chi connectivity index (χ1n) is 10.0. The van der Waals surface area contributed by atoms with Gasteiger partial charge in [0.25, 0.3) is 0 Å². The topological polar surface area (TPSA) is 95.6 Å². The summed E-state index contributed by atoms with van der Waals surface area (Å²) in [6, 6.07) is 16.8. The predicted octanol–water partition coefficient (Wildman–Crippen LogP) is 4.74. The van der Waals surface area contributed by atoms with E-state index in [9.17, 15) is 10.1 Å². The van der Waals surface area contributed by atoms with E-state index >= 15 is 0 Å². The van der Waals surface area contributed by atoms with Crippen LogP contribution in [0.15, 0.2) is 58.0 Å². The molecule has 1 aliphatic carbocycles. The van der Waals surface area contributed by atoms with Crippen molar-refractivity contribution in [2.45, 2.75) is 25.8 Å². The highest BCUT2D eigenvalue weighted by Crippen LogP contribution is 2.46. The third-order valence-electron chi connectivity index (χ3n) is 5.99. The van der Waals surface area contributed by atoms with E-state index in [0.29, 0.717) is 16.1 Å². The van der Waals surface area contributed by atoms with Crippen LogP contribution in [-0.4, -0.2) is 11.6 Å². The molecule has 154 valence electrons. The van der Waals surface area contributed by atoms with E-state index in [1.165, 1.54) is 0 Å². The van der Waals surface area contributed by atoms with Crippen LogP contribution >= 0.6 is 11.6 Å². The SMILES string of the molecule is Cc1ccc(C2C3CCc4cc(C(N)=O)ccc4C3=NN2c2ccc(C#N)c(Cl)c2)o1. The van der Waals surface area contributed by atoms with Crippen LogP contribution in [0, 0.1) is 24.2 Å². The van der Waals surface area contributed by atoms with Crippen LogP contribution in [0.1, 0.15) is 51.0 Å². The lowest BCUT2D eigenvalue weighted by atomic mass is 9.78. The van der Waals surface area contributed by atoms with Gasteiger partial charge in [-0.25, -0.2) is 0 Å². The maximum Gasteiger partial charge on any atom is 0.248 e. The molecule has 1 aromatic heterocycles. The molecule has 0 saturated carbocycles. The molecule has 1 aliphatic heterocycles. The fraction of sp³-hybridized carbons (Fsp3) is 0.208. The molecule has 3 aromatic rings. The predicted molar refractivity (Wildman–Crippen MR) is 118 cm³/mol. The zero-order valence-electron chi connectivity index (χ0n) is 16.8. The molecule has 2 aliphatic rings. The monoisotopic (exact) mass is 430 g/mol. The lowest BCUT2D eigenvalue weighted by Crippen LogP contribution is -2.28. The summed E-state index contributed by atoms with van der Waals surface area (Å²) in [7, 11) is 0. The lowest BCUT2D eigenvalue weighted by Gasteiger charge is -2.29. The largest absolute Gasteiger partial charge is 0.464 e. The second-order valence-corrected chi connectivity index (χ2v) is 8.29. The van der Waals surface area contributed by atoms with Crippen LogP contribution in [0.5, 0.6) is 0 Å². The van der Waals surface area contributed by atoms with E-state index in [1.807, 2.05) is 42.3 Å². The number of nitrogens with zero attached hydrogens (tertiary/aromatic N) is 3. The molecule has 2 heterocycles. The Morgan fingerprint density at radius 3 is 2.77 bits per heavy atom. The first-order valence-corrected chi connectivity index (χ1v) is 10.4. The molecule has 0 fully saturated rings. The van der Waals surface area contributed by atoms with E-state index in [4.69, 9.17) is 26.9 Å². The fourth-order valence-electron chi connectivity index (χ4n) is 4.52. The molecule has 2 N–H and O–H groups in total. The number of anilines is 1. The van der Waals surface area contributed by atoms with E-state index in [1.54, 1.807) is 18.2 Å². The van der Waals surface area contributed by atoms with Gasteiger partial charge < -0.3 is 10.2 Å². The van der Waals surface area contributed by atoms with Crippen LogP contribution in [0.4, 0.5) is 5.69 Å². The molecule has 2 aromatic carbocycles. The number of halogens is 1. The molecule has 1 amide bonds. The normalized spacial score (nSPS) is 19.4. The van der Waals surface area contributed by atoms with Gasteiger partial charge in [-0.3, -0.25) is 9.80 Å². The average molecular weight is 431 g/mol. The summed E-state index contributed by atoms with van der Waals surface area (Å²) in [6.07, 6.45) is 1.68. The molecular formula is C24H19ClN4O2. The fourth-order valence-corrected chi connectivity index (χ4v) is 4.74. The van der Waals surface area contributed by atoms with Crippen LogP contribution in [-0.2, 0) is 6.42 Å². The number of aryl methyl sites for hydroxylation is 2. The second kappa shape index (κ2) is 7.29. The number of furan rings is 1. The number of primary amides is 1. The number of rotatable bonds is 3. The summed E-state index contributed by atoms with van der Waals surface area (Å²) in [5, 5.41) is 16.5. The number of hydrogen-bond donors (Lipinski definition) is 1. The Kier molecular flexibility index (Phi) is 4.57. The van der Waals surface area contributed by atoms with Crippen LogP contribution in [0.2, 0.25) is 5.02 Å². The number of nitriles is 1. The van der Waals surface area contributed by atoms with E-state index in [-0.39, 0.29) is 12.0 Å². The van der Waals surface area contributed by atoms with Crippen molar-refractivity contribution in [2.75, 3.05) is 5.01 Å². The summed E-state index contributed by atoms with van der Waals surface area (Å²) in [4.78, 5) is 11.6. The first-order chi connectivity index (χ1) is 15.0. The average Bonchev–Trinajstić information content (AvgIpc) is 3.36. The maximum atomic E-state index is 11.6. The molecular weight excluding hydrogens is 412 g/mol. The van der Waals surface area contributed by atoms with Gasteiger partial charge in [-0.1, -0.05) is 17.7 Å². The number of nitrogens with two attached hydrogens (primary N) is 1. The lowest BCUT2D eigenvalue weighted by molar-refractivity contribution is 0.1000. The Labute approximate surface area is 184 Å². The summed E-state index contributed by atoms with van der Waals surface area (Å²) in [5.41, 5.74) is 10.2. The van der Waals surface area contributed by atoms with Crippen molar-refractivity contribution in [3.05, 3.63) is 87.3 Å². The molecule has 0 spiro atoms. The second-order valence-electron chi connectivity index (χ2n) is 7.88. The van der Waals surface area contributed by atoms with Gasteiger partial charge in [0.2, 0.25) is 5.91 Å². The summed E-state index contributed by atoms with van der Waals surface area (Å²) < 4.78 is 6.02. The van der Waals surface area contributed by atoms with Crippen molar-refractivity contribution >= 4 is 28.9 Å². The number of carbonyl (C=O) groups excluding carboxylic acids is 1. The van der Waals surface area contributed by atoms with Crippen LogP contribution in [0.25, 0.3) is 0 Å². The minimum atomic E-state index is -0.434. The van der Waals surface area contributed by atoms with Gasteiger partial charge in [-0.2, -0.15) is 10.4 Å². The Morgan fingerprint density at radius 1 is 1.26 bits per heavy atom. The minimum absolute atomic E-state index is 0.117. The molecule has 2 atom stereocenters. The van der Waals surface area contributed by atoms with Gasteiger partial charge in [-0.05, 0) is 67.8 Å². The molecule has 0 saturated heterocycles. The van der Waals surface area contributed by atoms with Crippen molar-refractivity contribution in [3.8, 4) is 6.07 Å². The highest BCUT2D eigenvalue weighted by molar-refractivity contribution is 6.32. The van der Waals surface area contributed by atoms with Crippen LogP contribution in [0.3, 0.4) is 0 Å². The van der Waals surface area contributed by atoms with Gasteiger partial charge in [0.05, 0.1) is 22.0 Å². The summed E-state index contributed by atoms with van der Waals surface area (Å²) >= 11 is 6.32. The number of hydrogen-bond acceptors (Lipinski definition) is 5. The molecule has 0 radical (unpaired) electrons. The quantitative estimate of drug-likeness (QED) is 0.649. The smallest absolute Gasteiger partial charge is 0.248 e. The molecule has 6 nitrogen and oxygen atoms in total. The Balaban J connectivity index is 1.64. The Hall–Kier alpha value is -3.56. The number of amides is 1. The molecule has 31 heavy (non-hydrogen) atoms. The standard InChI is InChI=1S/C24H19ClN4O2/c1-13-2-9-21(31-13)23-19-8-4-14-10-15(24(27)30)5-7-18(14)22(19)28-29(23)17-6-3-16(12-26)20(25)11-17/h2-3,5-7,9-11,19,23H,4,8H2,1H3,(H2,27,30). The highest BCUT2D eigenvalue weighted by Gasteiger charge is 2.43. The van der Waals surface area contributed by atoms with Crippen molar-refractivity contribution in [1.82, 2.24) is 0 Å². The van der Waals surface area contributed by atoms with E-state index < -0.39 is 5.91 Å². The molecule has 7 heteroatoms. The van der Waals surface area contributed by atoms with Crippen molar-refractivity contribution < 1.29 is 9.21 Å². The highest BCUT2D eigenvalue weighted by atomic mass is 35.5. The van der Waals surface area contributed by atoms with E-state index in [0.717, 1.165) is 46.9 Å². The van der Waals surface area contributed by atoms with Gasteiger partial charge in [0.1, 0.15) is 23.6 Å². The van der Waals surface area contributed by atoms with Gasteiger partial charge in [0.15, 0.2) is 0 Å². The van der Waals surface area contributed by atoms with E-state index in [2.05, 4.69) is 6.07 Å². The molecule has 2 unspecified atom stereocenters. The van der Waals surface area contributed by atoms with Crippen LogP contribution < -0.4 is 10.7 Å². The zero-order valence-corrected chi connectivity index (χ0v) is 17.6. The van der Waals surface area contributed by atoms with Crippen molar-refractivity contribution in [2.24, 2.45) is 16.8 Å². The van der Waals surface area contributed by atoms with Crippen molar-refractivity contribution in [3.63, 3.8) is 0 Å². The molecule has 5 rings (SSSR count). The first kappa shape index (κ1) is 19.4. The van der Waals surface area contributed by atoms with Crippen molar-refractivity contribution in [1.29, 1.82) is 5.26 Å². The van der Waals surface area contributed by atoms with Gasteiger partial charge >= 0.3 is 0 Å². The molecule has 0 bridgehead atoms.